The Morgan fingerprint density at radius 1 is 1.28 bits per heavy atom. The zero-order chi connectivity index (χ0) is 16.7. The number of phenolic OH excluding ortho intramolecular Hbond substituents is 1. The molecule has 3 bridgehead atoms. The summed E-state index contributed by atoms with van der Waals surface area (Å²) < 4.78 is 0. The molecule has 2 fully saturated rings. The molecule has 1 saturated carbocycles. The second-order valence-corrected chi connectivity index (χ2v) is 9.64. The third-order valence-electron chi connectivity index (χ3n) is 7.22. The highest BCUT2D eigenvalue weighted by molar-refractivity contribution is 8.01. The van der Waals surface area contributed by atoms with E-state index in [1.54, 1.807) is 0 Å². The second-order valence-electron chi connectivity index (χ2n) is 8.19. The van der Waals surface area contributed by atoms with Crippen LogP contribution in [0.1, 0.15) is 31.2 Å². The van der Waals surface area contributed by atoms with Crippen molar-refractivity contribution in [2.45, 2.75) is 53.6 Å². The highest BCUT2D eigenvalue weighted by Crippen LogP contribution is 2.67. The monoisotopic (exact) mass is 355 g/mol. The van der Waals surface area contributed by atoms with Gasteiger partial charge in [-0.25, -0.2) is 0 Å². The summed E-state index contributed by atoms with van der Waals surface area (Å²) in [6.07, 6.45) is 4.08. The molecule has 7 rings (SSSR count). The molecule has 0 radical (unpaired) electrons. The van der Waals surface area contributed by atoms with Crippen LogP contribution in [0.5, 0.6) is 5.75 Å². The number of aliphatic imine (C=N–C) groups is 1. The van der Waals surface area contributed by atoms with E-state index >= 15 is 0 Å². The molecule has 1 saturated heterocycles. The van der Waals surface area contributed by atoms with Crippen molar-refractivity contribution >= 4 is 34.9 Å². The number of hydrogen-bond acceptors (Lipinski definition) is 7. The third kappa shape index (κ3) is 1.22. The largest absolute Gasteiger partial charge is 0.504 e. The van der Waals surface area contributed by atoms with E-state index in [-0.39, 0.29) is 17.2 Å². The van der Waals surface area contributed by atoms with Gasteiger partial charge in [0.05, 0.1) is 23.2 Å². The fraction of sp³-hybridized carbons (Fsp3) is 0.556. The molecule has 7 heteroatoms. The summed E-state index contributed by atoms with van der Waals surface area (Å²) in [6.45, 7) is 0.845. The predicted octanol–water partition coefficient (Wildman–Crippen LogP) is 0.0284. The van der Waals surface area contributed by atoms with Crippen LogP contribution in [0.2, 0.25) is 0 Å². The van der Waals surface area contributed by atoms with E-state index in [0.29, 0.717) is 17.5 Å². The highest BCUT2D eigenvalue weighted by atomic mass is 32.2. The average Bonchev–Trinajstić information content (AvgIpc) is 3.09. The first-order valence-electron chi connectivity index (χ1n) is 8.92. The molecule has 3 N–H and O–H groups in total. The Kier molecular flexibility index (Phi) is 2.04. The van der Waals surface area contributed by atoms with Crippen LogP contribution in [0.25, 0.3) is 5.57 Å². The van der Waals surface area contributed by atoms with Gasteiger partial charge in [0, 0.05) is 35.4 Å². The predicted molar refractivity (Wildman–Crippen MR) is 94.1 cm³/mol. The number of hydrogen-bond donors (Lipinski definition) is 3. The average molecular weight is 355 g/mol. The van der Waals surface area contributed by atoms with E-state index < -0.39 is 16.5 Å². The van der Waals surface area contributed by atoms with Crippen LogP contribution in [0.4, 0.5) is 11.4 Å². The van der Waals surface area contributed by atoms with Gasteiger partial charge < -0.3 is 20.2 Å². The summed E-state index contributed by atoms with van der Waals surface area (Å²) in [7, 11) is 0. The molecule has 5 heterocycles. The van der Waals surface area contributed by atoms with Crippen LogP contribution in [0.15, 0.2) is 9.98 Å². The Hall–Kier alpha value is -1.57. The quantitative estimate of drug-likeness (QED) is 0.611. The first-order chi connectivity index (χ1) is 12.0. The Bertz CT molecular complexity index is 1050. The maximum Gasteiger partial charge on any atom is 0.167 e. The van der Waals surface area contributed by atoms with Crippen LogP contribution < -0.4 is 15.5 Å². The summed E-state index contributed by atoms with van der Waals surface area (Å²) in [6, 6.07) is 0.0221. The van der Waals surface area contributed by atoms with Crippen molar-refractivity contribution in [1.29, 1.82) is 0 Å². The first-order valence-corrected chi connectivity index (χ1v) is 9.80. The topological polar surface area (TPSA) is 88.7 Å². The van der Waals surface area contributed by atoms with Crippen molar-refractivity contribution in [3.8, 4) is 5.75 Å². The van der Waals surface area contributed by atoms with E-state index in [9.17, 15) is 15.3 Å². The van der Waals surface area contributed by atoms with E-state index in [0.717, 1.165) is 47.8 Å². The van der Waals surface area contributed by atoms with Crippen molar-refractivity contribution in [3.05, 3.63) is 16.1 Å². The lowest BCUT2D eigenvalue weighted by Gasteiger charge is -2.58. The van der Waals surface area contributed by atoms with E-state index in [1.165, 1.54) is 11.8 Å². The fourth-order valence-corrected chi connectivity index (χ4v) is 7.98. The van der Waals surface area contributed by atoms with Crippen molar-refractivity contribution in [1.82, 2.24) is 0 Å². The molecule has 1 spiro atoms. The van der Waals surface area contributed by atoms with Crippen molar-refractivity contribution in [2.24, 2.45) is 9.98 Å². The van der Waals surface area contributed by atoms with E-state index in [1.807, 2.05) is 6.21 Å². The number of aliphatic hydroxyl groups is 2. The lowest BCUT2D eigenvalue weighted by molar-refractivity contribution is -0.0556. The molecule has 0 aromatic heterocycles. The highest BCUT2D eigenvalue weighted by Gasteiger charge is 2.69. The van der Waals surface area contributed by atoms with Crippen molar-refractivity contribution in [3.63, 3.8) is 0 Å². The number of aromatic hydroxyl groups is 1. The lowest BCUT2D eigenvalue weighted by Crippen LogP contribution is -2.67. The number of nitrogens with zero attached hydrogens (tertiary/aromatic N) is 3. The Morgan fingerprint density at radius 2 is 2.16 bits per heavy atom. The lowest BCUT2D eigenvalue weighted by atomic mass is 9.58. The van der Waals surface area contributed by atoms with Gasteiger partial charge >= 0.3 is 0 Å². The van der Waals surface area contributed by atoms with Crippen molar-refractivity contribution in [2.75, 3.05) is 11.4 Å². The molecule has 25 heavy (non-hydrogen) atoms. The van der Waals surface area contributed by atoms with Gasteiger partial charge in [0.1, 0.15) is 16.0 Å². The van der Waals surface area contributed by atoms with Crippen LogP contribution in [0, 0.1) is 0 Å². The number of fused-ring (bicyclic) bond motifs is 3. The summed E-state index contributed by atoms with van der Waals surface area (Å²) in [4.78, 5) is 10.6. The molecule has 1 aromatic carbocycles. The maximum absolute atomic E-state index is 11.5. The van der Waals surface area contributed by atoms with Crippen LogP contribution in [-0.2, 0) is 5.41 Å². The molecule has 6 aliphatic rings. The molecule has 128 valence electrons. The number of aliphatic hydroxyl groups excluding tert-OH is 1. The molecule has 1 aliphatic carbocycles. The maximum atomic E-state index is 11.5. The van der Waals surface area contributed by atoms with Gasteiger partial charge in [0.2, 0.25) is 0 Å². The molecule has 0 amide bonds. The molecular weight excluding hydrogens is 338 g/mol. The van der Waals surface area contributed by atoms with Crippen LogP contribution >= 0.6 is 11.8 Å². The Labute approximate surface area is 147 Å². The smallest absolute Gasteiger partial charge is 0.167 e. The number of anilines is 1. The first kappa shape index (κ1) is 13.6. The van der Waals surface area contributed by atoms with Gasteiger partial charge in [0.15, 0.2) is 5.75 Å². The third-order valence-corrected chi connectivity index (χ3v) is 8.71. The minimum absolute atomic E-state index is 0.0221. The van der Waals surface area contributed by atoms with E-state index in [4.69, 9.17) is 4.99 Å². The standard InChI is InChI=1S/C18H17N3O3S/c22-9-4-18(24)17-3-8(9)21-2-1-7-6-19-13-11(7)15(21)12(17)14(16(13)23)20-10(5-17)25-18/h6,8-10,22-24H,1-5H2/t8?,9-,10+,17+,18+/m1/s1. The zero-order valence-electron chi connectivity index (χ0n) is 13.4. The normalized spacial score (nSPS) is 43.5. The molecule has 1 unspecified atom stereocenters. The number of thioether (sulfide) groups is 1. The number of benzene rings is 1. The molecule has 6 nitrogen and oxygen atoms in total. The molecule has 1 aromatic rings. The summed E-state index contributed by atoms with van der Waals surface area (Å²) >= 11 is 1.47. The minimum atomic E-state index is -1.01. The van der Waals surface area contributed by atoms with Gasteiger partial charge in [-0.3, -0.25) is 9.98 Å². The number of phenols is 1. The Morgan fingerprint density at radius 3 is 3.04 bits per heavy atom. The van der Waals surface area contributed by atoms with Gasteiger partial charge in [-0.15, -0.1) is 0 Å². The summed E-state index contributed by atoms with van der Waals surface area (Å²) in [5.41, 5.74) is 3.43. The number of rotatable bonds is 0. The van der Waals surface area contributed by atoms with Crippen LogP contribution in [-0.4, -0.2) is 50.5 Å². The molecule has 5 aliphatic heterocycles. The van der Waals surface area contributed by atoms with Crippen molar-refractivity contribution < 1.29 is 15.3 Å². The minimum Gasteiger partial charge on any atom is -0.504 e. The summed E-state index contributed by atoms with van der Waals surface area (Å²) in [5.74, 6) is 0.167. The fourth-order valence-electron chi connectivity index (χ4n) is 6.24. The molecular formula is C18H17N3O3S. The SMILES string of the molecule is Oc1c2c3c4c5c1=N[C@@H]1C[C@@]56CC([C@H](O)C[C@]6(O)S1)N4CCC=3C=N2. The van der Waals surface area contributed by atoms with Crippen LogP contribution in [0.3, 0.4) is 0 Å². The van der Waals surface area contributed by atoms with Gasteiger partial charge in [-0.1, -0.05) is 11.8 Å². The Balaban J connectivity index is 1.74. The van der Waals surface area contributed by atoms with Gasteiger partial charge in [-0.2, -0.15) is 0 Å². The summed E-state index contributed by atoms with van der Waals surface area (Å²) in [5, 5.41) is 34.9. The molecule has 5 atom stereocenters. The van der Waals surface area contributed by atoms with E-state index in [2.05, 4.69) is 9.89 Å². The van der Waals surface area contributed by atoms with Gasteiger partial charge in [0.25, 0.3) is 0 Å². The van der Waals surface area contributed by atoms with Gasteiger partial charge in [-0.05, 0) is 24.8 Å². The second kappa shape index (κ2) is 3.75. The zero-order valence-corrected chi connectivity index (χ0v) is 14.3.